The summed E-state index contributed by atoms with van der Waals surface area (Å²) in [6, 6.07) is 13.8. The first-order chi connectivity index (χ1) is 17.3. The summed E-state index contributed by atoms with van der Waals surface area (Å²) in [5, 5.41) is 1.37. The number of nitrogens with zero attached hydrogens (tertiary/aromatic N) is 2. The maximum Gasteiger partial charge on any atom is 0.0969 e. The molecule has 0 N–H and O–H groups in total. The summed E-state index contributed by atoms with van der Waals surface area (Å²) in [4.78, 5) is 10.4. The second-order valence-corrected chi connectivity index (χ2v) is 12.8. The van der Waals surface area contributed by atoms with Gasteiger partial charge in [-0.25, -0.2) is 4.98 Å². The maximum atomic E-state index is 5.44. The molecular formula is C32H42N2S. The minimum Gasteiger partial charge on any atom is -0.257 e. The zero-order valence-corrected chi connectivity index (χ0v) is 22.2. The van der Waals surface area contributed by atoms with Crippen LogP contribution in [0.25, 0.3) is 10.2 Å². The standard InChI is InChI=1S/C32H42N2S/c1-2-6-12-24(11-5-1)29-21-27(22-30(33-29)25-13-7-3-4-8-14-25)23-17-19-26(20-18-23)32-34-28-15-9-10-16-31(28)35-32/h9-10,15-16,21-26H,1-8,11-14,17-20H2. The molecule has 0 amide bonds. The fraction of sp³-hybridized carbons (Fsp3) is 0.625. The van der Waals surface area contributed by atoms with E-state index >= 15 is 0 Å². The lowest BCUT2D eigenvalue weighted by atomic mass is 9.78. The van der Waals surface area contributed by atoms with Crippen LogP contribution in [-0.4, -0.2) is 9.97 Å². The van der Waals surface area contributed by atoms with E-state index in [0.29, 0.717) is 23.7 Å². The van der Waals surface area contributed by atoms with Crippen LogP contribution in [0.3, 0.4) is 0 Å². The number of benzene rings is 1. The summed E-state index contributed by atoms with van der Waals surface area (Å²) in [7, 11) is 0. The Morgan fingerprint density at radius 3 is 1.66 bits per heavy atom. The molecule has 0 spiro atoms. The van der Waals surface area contributed by atoms with E-state index in [4.69, 9.17) is 9.97 Å². The number of hydrogen-bond acceptors (Lipinski definition) is 3. The number of fused-ring (bicyclic) bond motifs is 1. The summed E-state index contributed by atoms with van der Waals surface area (Å²) in [5.41, 5.74) is 5.72. The van der Waals surface area contributed by atoms with Gasteiger partial charge in [-0.3, -0.25) is 4.98 Å². The maximum absolute atomic E-state index is 5.44. The Labute approximate surface area is 216 Å². The Morgan fingerprint density at radius 2 is 1.09 bits per heavy atom. The van der Waals surface area contributed by atoms with E-state index in [1.54, 1.807) is 5.56 Å². The Hall–Kier alpha value is -1.74. The first-order valence-corrected chi connectivity index (χ1v) is 15.5. The molecule has 3 aromatic rings. The molecule has 3 saturated carbocycles. The molecule has 0 saturated heterocycles. The molecule has 3 aliphatic rings. The molecule has 3 fully saturated rings. The van der Waals surface area contributed by atoms with Crippen LogP contribution in [0.1, 0.15) is 148 Å². The first-order valence-electron chi connectivity index (χ1n) is 14.7. The number of aromatic nitrogens is 2. The third-order valence-corrected chi connectivity index (χ3v) is 10.5. The van der Waals surface area contributed by atoms with Crippen LogP contribution in [0.5, 0.6) is 0 Å². The topological polar surface area (TPSA) is 25.8 Å². The van der Waals surface area contributed by atoms with Crippen LogP contribution in [-0.2, 0) is 0 Å². The van der Waals surface area contributed by atoms with Gasteiger partial charge in [0.25, 0.3) is 0 Å². The van der Waals surface area contributed by atoms with Gasteiger partial charge in [0.15, 0.2) is 0 Å². The van der Waals surface area contributed by atoms with Gasteiger partial charge in [-0.1, -0.05) is 63.5 Å². The van der Waals surface area contributed by atoms with E-state index in [-0.39, 0.29) is 0 Å². The number of hydrogen-bond donors (Lipinski definition) is 0. The van der Waals surface area contributed by atoms with Gasteiger partial charge in [0.2, 0.25) is 0 Å². The van der Waals surface area contributed by atoms with Crippen LogP contribution < -0.4 is 0 Å². The summed E-state index contributed by atoms with van der Waals surface area (Å²) in [5.74, 6) is 2.74. The molecule has 3 heteroatoms. The van der Waals surface area contributed by atoms with E-state index < -0.39 is 0 Å². The van der Waals surface area contributed by atoms with E-state index in [1.165, 1.54) is 129 Å². The van der Waals surface area contributed by atoms with Crippen LogP contribution in [0.2, 0.25) is 0 Å². The lowest BCUT2D eigenvalue weighted by molar-refractivity contribution is 0.394. The monoisotopic (exact) mass is 486 g/mol. The van der Waals surface area contributed by atoms with Crippen molar-refractivity contribution in [2.24, 2.45) is 0 Å². The Bertz CT molecular complexity index is 1020. The fourth-order valence-corrected chi connectivity index (χ4v) is 8.28. The third kappa shape index (κ3) is 5.50. The zero-order valence-electron chi connectivity index (χ0n) is 21.4. The Kier molecular flexibility index (Phi) is 7.51. The van der Waals surface area contributed by atoms with Crippen molar-refractivity contribution in [2.45, 2.75) is 126 Å². The molecule has 3 aliphatic carbocycles. The molecule has 6 rings (SSSR count). The minimum absolute atomic E-state index is 0.646. The normalized spacial score (nSPS) is 25.4. The molecule has 2 aromatic heterocycles. The number of thiazole rings is 1. The average molecular weight is 487 g/mol. The highest BCUT2D eigenvalue weighted by Gasteiger charge is 2.28. The van der Waals surface area contributed by atoms with Crippen molar-refractivity contribution in [3.8, 4) is 0 Å². The molecule has 0 bridgehead atoms. The summed E-state index contributed by atoms with van der Waals surface area (Å²) in [6.07, 6.45) is 21.8. The predicted octanol–water partition coefficient (Wildman–Crippen LogP) is 10.0. The molecule has 1 aromatic carbocycles. The van der Waals surface area contributed by atoms with Crippen LogP contribution >= 0.6 is 11.3 Å². The summed E-state index contributed by atoms with van der Waals surface area (Å²) in [6.45, 7) is 0. The lowest BCUT2D eigenvalue weighted by Crippen LogP contribution is -2.14. The van der Waals surface area contributed by atoms with Crippen molar-refractivity contribution in [3.63, 3.8) is 0 Å². The molecule has 2 heterocycles. The molecule has 0 atom stereocenters. The van der Waals surface area contributed by atoms with Crippen molar-refractivity contribution < 1.29 is 0 Å². The molecule has 35 heavy (non-hydrogen) atoms. The van der Waals surface area contributed by atoms with Crippen molar-refractivity contribution in [1.82, 2.24) is 9.97 Å². The van der Waals surface area contributed by atoms with Crippen molar-refractivity contribution in [2.75, 3.05) is 0 Å². The van der Waals surface area contributed by atoms with Crippen LogP contribution in [0, 0.1) is 0 Å². The van der Waals surface area contributed by atoms with E-state index in [0.717, 1.165) is 0 Å². The molecule has 186 valence electrons. The van der Waals surface area contributed by atoms with Crippen LogP contribution in [0.15, 0.2) is 36.4 Å². The average Bonchev–Trinajstić information content (AvgIpc) is 3.08. The van der Waals surface area contributed by atoms with Crippen molar-refractivity contribution in [1.29, 1.82) is 0 Å². The minimum atomic E-state index is 0.646. The van der Waals surface area contributed by atoms with Gasteiger partial charge in [0.1, 0.15) is 0 Å². The highest BCUT2D eigenvalue weighted by Crippen LogP contribution is 2.44. The van der Waals surface area contributed by atoms with Crippen molar-refractivity contribution in [3.05, 3.63) is 58.4 Å². The van der Waals surface area contributed by atoms with E-state index in [2.05, 4.69) is 36.4 Å². The van der Waals surface area contributed by atoms with Gasteiger partial charge in [-0.15, -0.1) is 11.3 Å². The SMILES string of the molecule is c1ccc2sc(C3CCC(c4cc(C5CCCCCC5)nc(C5CCCCCC5)c4)CC3)nc2c1. The highest BCUT2D eigenvalue weighted by atomic mass is 32.1. The van der Waals surface area contributed by atoms with Gasteiger partial charge >= 0.3 is 0 Å². The second kappa shape index (κ2) is 11.1. The summed E-state index contributed by atoms with van der Waals surface area (Å²) < 4.78 is 1.35. The second-order valence-electron chi connectivity index (χ2n) is 11.7. The quantitative estimate of drug-likeness (QED) is 0.343. The first kappa shape index (κ1) is 23.6. The van der Waals surface area contributed by atoms with E-state index in [1.807, 2.05) is 11.3 Å². The van der Waals surface area contributed by atoms with Gasteiger partial charge in [0.05, 0.1) is 15.2 Å². The van der Waals surface area contributed by atoms with Gasteiger partial charge < -0.3 is 0 Å². The Morgan fingerprint density at radius 1 is 0.543 bits per heavy atom. The molecule has 0 radical (unpaired) electrons. The number of pyridine rings is 1. The zero-order chi connectivity index (χ0) is 23.5. The third-order valence-electron chi connectivity index (χ3n) is 9.29. The number of para-hydroxylation sites is 1. The van der Waals surface area contributed by atoms with Gasteiger partial charge in [-0.05, 0) is 87.1 Å². The van der Waals surface area contributed by atoms with Gasteiger partial charge in [0, 0.05) is 29.1 Å². The molecular weight excluding hydrogens is 444 g/mol. The highest BCUT2D eigenvalue weighted by molar-refractivity contribution is 7.18. The molecule has 2 nitrogen and oxygen atoms in total. The van der Waals surface area contributed by atoms with Gasteiger partial charge in [-0.2, -0.15) is 0 Å². The number of rotatable bonds is 4. The smallest absolute Gasteiger partial charge is 0.0969 e. The largest absolute Gasteiger partial charge is 0.257 e. The Balaban J connectivity index is 1.23. The van der Waals surface area contributed by atoms with E-state index in [9.17, 15) is 0 Å². The molecule has 0 aliphatic heterocycles. The summed E-state index contributed by atoms with van der Waals surface area (Å²) >= 11 is 1.93. The lowest BCUT2D eigenvalue weighted by Gasteiger charge is -2.29. The predicted molar refractivity (Wildman–Crippen MR) is 149 cm³/mol. The fourth-order valence-electron chi connectivity index (χ4n) is 7.14. The van der Waals surface area contributed by atoms with Crippen molar-refractivity contribution >= 4 is 21.6 Å². The molecule has 0 unspecified atom stereocenters. The van der Waals surface area contributed by atoms with Crippen LogP contribution in [0.4, 0.5) is 0 Å².